The van der Waals surface area contributed by atoms with E-state index in [-0.39, 0.29) is 11.8 Å². The molecule has 3 rings (SSSR count). The monoisotopic (exact) mass is 323 g/mol. The summed E-state index contributed by atoms with van der Waals surface area (Å²) in [6.07, 6.45) is 3.52. The van der Waals surface area contributed by atoms with E-state index in [9.17, 15) is 4.79 Å². The Morgan fingerprint density at radius 3 is 2.65 bits per heavy atom. The van der Waals surface area contributed by atoms with Crippen LogP contribution in [0.25, 0.3) is 21.8 Å². The minimum Gasteiger partial charge on any atom is -0.326 e. The van der Waals surface area contributed by atoms with E-state index in [2.05, 4.69) is 15.3 Å². The number of anilines is 1. The normalized spacial score (nSPS) is 10.7. The summed E-state index contributed by atoms with van der Waals surface area (Å²) in [6.45, 7) is 3.75. The number of carbonyl (C=O) groups is 1. The number of thiazole rings is 1. The summed E-state index contributed by atoms with van der Waals surface area (Å²) in [5.41, 5.74) is 3.74. The molecule has 1 aromatic carbocycles. The summed E-state index contributed by atoms with van der Waals surface area (Å²) >= 11 is 1.60. The highest BCUT2D eigenvalue weighted by atomic mass is 32.1. The predicted octanol–water partition coefficient (Wildman–Crippen LogP) is 4.47. The van der Waals surface area contributed by atoms with E-state index in [1.165, 1.54) is 0 Å². The molecule has 0 saturated carbocycles. The fourth-order valence-electron chi connectivity index (χ4n) is 2.08. The van der Waals surface area contributed by atoms with Crippen molar-refractivity contribution in [3.8, 4) is 21.8 Å². The molecule has 3 aromatic rings. The molecular formula is C18H17N3OS. The minimum atomic E-state index is -0.0452. The molecule has 0 radical (unpaired) electrons. The highest BCUT2D eigenvalue weighted by Gasteiger charge is 2.10. The zero-order chi connectivity index (χ0) is 16.2. The number of nitrogens with zero attached hydrogens (tertiary/aromatic N) is 2. The van der Waals surface area contributed by atoms with Crippen molar-refractivity contribution in [2.75, 3.05) is 5.32 Å². The van der Waals surface area contributed by atoms with Crippen molar-refractivity contribution in [1.82, 2.24) is 9.97 Å². The van der Waals surface area contributed by atoms with E-state index in [4.69, 9.17) is 0 Å². The second-order valence-corrected chi connectivity index (χ2v) is 6.36. The van der Waals surface area contributed by atoms with Gasteiger partial charge in [0, 0.05) is 40.5 Å². The van der Waals surface area contributed by atoms with Crippen molar-refractivity contribution < 1.29 is 4.79 Å². The van der Waals surface area contributed by atoms with Crippen LogP contribution in [0, 0.1) is 5.92 Å². The number of hydrogen-bond acceptors (Lipinski definition) is 4. The van der Waals surface area contributed by atoms with E-state index in [0.717, 1.165) is 27.5 Å². The first-order valence-corrected chi connectivity index (χ1v) is 8.28. The van der Waals surface area contributed by atoms with Gasteiger partial charge in [0.1, 0.15) is 5.01 Å². The van der Waals surface area contributed by atoms with Gasteiger partial charge in [0.25, 0.3) is 0 Å². The molecule has 5 heteroatoms. The van der Waals surface area contributed by atoms with Crippen molar-refractivity contribution in [2.45, 2.75) is 13.8 Å². The third-order valence-corrected chi connectivity index (χ3v) is 4.27. The van der Waals surface area contributed by atoms with Crippen LogP contribution in [0.1, 0.15) is 13.8 Å². The predicted molar refractivity (Wildman–Crippen MR) is 94.2 cm³/mol. The second kappa shape index (κ2) is 6.71. The topological polar surface area (TPSA) is 54.9 Å². The van der Waals surface area contributed by atoms with Gasteiger partial charge in [0.2, 0.25) is 5.91 Å². The standard InChI is InChI=1S/C18H17N3OS/c1-12(2)17(22)20-15-5-3-4-14(10-15)16-11-23-18(21-16)13-6-8-19-9-7-13/h3-12H,1-2H3,(H,20,22). The molecular weight excluding hydrogens is 306 g/mol. The zero-order valence-corrected chi connectivity index (χ0v) is 13.8. The van der Waals surface area contributed by atoms with Crippen LogP contribution in [0.3, 0.4) is 0 Å². The summed E-state index contributed by atoms with van der Waals surface area (Å²) in [5.74, 6) is -0.0332. The molecule has 1 amide bonds. The number of aromatic nitrogens is 2. The van der Waals surface area contributed by atoms with Gasteiger partial charge in [-0.2, -0.15) is 0 Å². The Morgan fingerprint density at radius 2 is 1.91 bits per heavy atom. The van der Waals surface area contributed by atoms with Crippen LogP contribution in [-0.2, 0) is 4.79 Å². The SMILES string of the molecule is CC(C)C(=O)Nc1cccc(-c2csc(-c3ccncc3)n2)c1. The molecule has 0 aliphatic carbocycles. The Bertz CT molecular complexity index is 812. The number of nitrogens with one attached hydrogen (secondary N) is 1. The van der Waals surface area contributed by atoms with E-state index in [1.54, 1.807) is 23.7 Å². The smallest absolute Gasteiger partial charge is 0.226 e. The highest BCUT2D eigenvalue weighted by Crippen LogP contribution is 2.29. The maximum atomic E-state index is 11.8. The minimum absolute atomic E-state index is 0.0119. The summed E-state index contributed by atoms with van der Waals surface area (Å²) in [6, 6.07) is 11.7. The van der Waals surface area contributed by atoms with Crippen LogP contribution in [0.15, 0.2) is 54.2 Å². The van der Waals surface area contributed by atoms with Gasteiger partial charge in [0.15, 0.2) is 0 Å². The van der Waals surface area contributed by atoms with E-state index >= 15 is 0 Å². The first kappa shape index (κ1) is 15.4. The summed E-state index contributed by atoms with van der Waals surface area (Å²) in [7, 11) is 0. The number of pyridine rings is 1. The maximum absolute atomic E-state index is 11.8. The van der Waals surface area contributed by atoms with Crippen molar-refractivity contribution in [2.24, 2.45) is 5.92 Å². The lowest BCUT2D eigenvalue weighted by Gasteiger charge is -2.08. The Balaban J connectivity index is 1.85. The summed E-state index contributed by atoms with van der Waals surface area (Å²) < 4.78 is 0. The highest BCUT2D eigenvalue weighted by molar-refractivity contribution is 7.13. The first-order chi connectivity index (χ1) is 11.1. The van der Waals surface area contributed by atoms with Gasteiger partial charge in [0.05, 0.1) is 5.69 Å². The Hall–Kier alpha value is -2.53. The maximum Gasteiger partial charge on any atom is 0.226 e. The molecule has 0 aliphatic rings. The number of amides is 1. The molecule has 4 nitrogen and oxygen atoms in total. The van der Waals surface area contributed by atoms with Crippen molar-refractivity contribution >= 4 is 22.9 Å². The summed E-state index contributed by atoms with van der Waals surface area (Å²) in [5, 5.41) is 5.90. The fraction of sp³-hybridized carbons (Fsp3) is 0.167. The van der Waals surface area contributed by atoms with Crippen LogP contribution < -0.4 is 5.32 Å². The number of rotatable bonds is 4. The van der Waals surface area contributed by atoms with Gasteiger partial charge in [-0.05, 0) is 24.3 Å². The van der Waals surface area contributed by atoms with Gasteiger partial charge in [-0.15, -0.1) is 11.3 Å². The molecule has 2 aromatic heterocycles. The average molecular weight is 323 g/mol. The van der Waals surface area contributed by atoms with Crippen LogP contribution in [0.2, 0.25) is 0 Å². The molecule has 1 N–H and O–H groups in total. The third-order valence-electron chi connectivity index (χ3n) is 3.38. The third kappa shape index (κ3) is 3.63. The lowest BCUT2D eigenvalue weighted by atomic mass is 10.1. The number of hydrogen-bond donors (Lipinski definition) is 1. The molecule has 0 atom stereocenters. The molecule has 0 bridgehead atoms. The van der Waals surface area contributed by atoms with Crippen LogP contribution in [-0.4, -0.2) is 15.9 Å². The van der Waals surface area contributed by atoms with Crippen molar-refractivity contribution in [1.29, 1.82) is 0 Å². The lowest BCUT2D eigenvalue weighted by Crippen LogP contribution is -2.17. The van der Waals surface area contributed by atoms with Crippen LogP contribution >= 0.6 is 11.3 Å². The van der Waals surface area contributed by atoms with E-state index < -0.39 is 0 Å². The Labute approximate surface area is 139 Å². The fourth-order valence-corrected chi connectivity index (χ4v) is 2.91. The molecule has 0 unspecified atom stereocenters. The largest absolute Gasteiger partial charge is 0.326 e. The average Bonchev–Trinajstić information content (AvgIpc) is 3.06. The van der Waals surface area contributed by atoms with Crippen LogP contribution in [0.4, 0.5) is 5.69 Å². The number of carbonyl (C=O) groups excluding carboxylic acids is 1. The van der Waals surface area contributed by atoms with Crippen LogP contribution in [0.5, 0.6) is 0 Å². The first-order valence-electron chi connectivity index (χ1n) is 7.40. The molecule has 0 fully saturated rings. The lowest BCUT2D eigenvalue weighted by molar-refractivity contribution is -0.118. The number of benzene rings is 1. The Morgan fingerprint density at radius 1 is 1.13 bits per heavy atom. The van der Waals surface area contributed by atoms with E-state index in [0.29, 0.717) is 0 Å². The van der Waals surface area contributed by atoms with Gasteiger partial charge in [-0.1, -0.05) is 26.0 Å². The summed E-state index contributed by atoms with van der Waals surface area (Å²) in [4.78, 5) is 20.5. The molecule has 23 heavy (non-hydrogen) atoms. The van der Waals surface area contributed by atoms with Crippen molar-refractivity contribution in [3.05, 3.63) is 54.2 Å². The molecule has 0 spiro atoms. The Kier molecular flexibility index (Phi) is 4.48. The second-order valence-electron chi connectivity index (χ2n) is 5.50. The van der Waals surface area contributed by atoms with Crippen molar-refractivity contribution in [3.63, 3.8) is 0 Å². The molecule has 116 valence electrons. The van der Waals surface area contributed by atoms with E-state index in [1.807, 2.05) is 55.6 Å². The quantitative estimate of drug-likeness (QED) is 0.771. The van der Waals surface area contributed by atoms with Gasteiger partial charge in [-0.25, -0.2) is 4.98 Å². The van der Waals surface area contributed by atoms with Gasteiger partial charge in [-0.3, -0.25) is 9.78 Å². The van der Waals surface area contributed by atoms with Gasteiger partial charge >= 0.3 is 0 Å². The molecule has 2 heterocycles. The zero-order valence-electron chi connectivity index (χ0n) is 13.0. The van der Waals surface area contributed by atoms with Gasteiger partial charge < -0.3 is 5.32 Å². The molecule has 0 aliphatic heterocycles. The molecule has 0 saturated heterocycles.